The third-order valence-electron chi connectivity index (χ3n) is 6.32. The quantitative estimate of drug-likeness (QED) is 0.556. The predicted molar refractivity (Wildman–Crippen MR) is 114 cm³/mol. The molecule has 0 fully saturated rings. The Labute approximate surface area is 195 Å². The summed E-state index contributed by atoms with van der Waals surface area (Å²) < 4.78 is 56.2. The molecule has 0 aliphatic carbocycles. The van der Waals surface area contributed by atoms with E-state index in [1.165, 1.54) is 9.47 Å². The van der Waals surface area contributed by atoms with Crippen molar-refractivity contribution in [3.05, 3.63) is 98.0 Å². The zero-order valence-corrected chi connectivity index (χ0v) is 17.9. The second kappa shape index (κ2) is 8.26. The summed E-state index contributed by atoms with van der Waals surface area (Å²) in [5, 5.41) is 12.9. The molecule has 180 valence electrons. The highest BCUT2D eigenvalue weighted by Crippen LogP contribution is 2.35. The fraction of sp³-hybridized carbons (Fsp3) is 0.208. The molecule has 0 radical (unpaired) electrons. The molecule has 2 amide bonds. The number of hydrogen-bond donors (Lipinski definition) is 2. The lowest BCUT2D eigenvalue weighted by Gasteiger charge is -2.35. The van der Waals surface area contributed by atoms with Crippen LogP contribution in [0.25, 0.3) is 0 Å². The van der Waals surface area contributed by atoms with Gasteiger partial charge in [-0.2, -0.15) is 0 Å². The first-order valence-corrected chi connectivity index (χ1v) is 10.6. The molecule has 2 bridgehead atoms. The zero-order valence-electron chi connectivity index (χ0n) is 17.9. The zero-order chi connectivity index (χ0) is 25.0. The minimum atomic E-state index is -1.12. The normalized spacial score (nSPS) is 16.4. The van der Waals surface area contributed by atoms with Gasteiger partial charge < -0.3 is 19.9 Å². The van der Waals surface area contributed by atoms with E-state index in [1.54, 1.807) is 0 Å². The summed E-state index contributed by atoms with van der Waals surface area (Å²) in [5.74, 6) is -6.43. The smallest absolute Gasteiger partial charge is 0.274 e. The van der Waals surface area contributed by atoms with Gasteiger partial charge in [-0.3, -0.25) is 14.4 Å². The molecule has 35 heavy (non-hydrogen) atoms. The Bertz CT molecular complexity index is 1470. The number of aromatic hydroxyl groups is 1. The van der Waals surface area contributed by atoms with Crippen LogP contribution < -0.4 is 10.7 Å². The number of hydrogen-bond acceptors (Lipinski definition) is 4. The van der Waals surface area contributed by atoms with E-state index in [2.05, 4.69) is 5.32 Å². The van der Waals surface area contributed by atoms with Gasteiger partial charge in [0.1, 0.15) is 17.2 Å². The third kappa shape index (κ3) is 3.72. The van der Waals surface area contributed by atoms with Crippen molar-refractivity contribution in [2.24, 2.45) is 0 Å². The lowest BCUT2D eigenvalue weighted by molar-refractivity contribution is 0.0686. The Balaban J connectivity index is 1.57. The number of pyridine rings is 1. The molecule has 7 nitrogen and oxygen atoms in total. The Morgan fingerprint density at radius 3 is 2.54 bits per heavy atom. The summed E-state index contributed by atoms with van der Waals surface area (Å²) in [4.78, 5) is 39.9. The van der Waals surface area contributed by atoms with E-state index in [1.807, 2.05) is 0 Å². The standard InChI is InChI=1S/C24H17F4N3O4/c25-13-2-1-12(16(26)6-13)8-29-23(34)15-9-31-19-10-30(24(35)20(31)22(33)21(15)32)4-3-11-5-17(27)18(28)7-14(11)19/h1-2,5-7,9,19,33H,3-4,8,10H2,(H,29,34)/t19-/m0/s1. The average molecular weight is 487 g/mol. The lowest BCUT2D eigenvalue weighted by Crippen LogP contribution is -2.45. The molecule has 0 saturated heterocycles. The van der Waals surface area contributed by atoms with Crippen molar-refractivity contribution >= 4 is 11.8 Å². The summed E-state index contributed by atoms with van der Waals surface area (Å²) in [6.45, 7) is -0.170. The van der Waals surface area contributed by atoms with E-state index in [-0.39, 0.29) is 37.3 Å². The van der Waals surface area contributed by atoms with E-state index in [0.29, 0.717) is 17.2 Å². The highest BCUT2D eigenvalue weighted by Gasteiger charge is 2.39. The lowest BCUT2D eigenvalue weighted by atomic mass is 9.97. The molecule has 2 N–H and O–H groups in total. The number of amides is 2. The number of carbonyl (C=O) groups is 2. The fourth-order valence-corrected chi connectivity index (χ4v) is 4.53. The molecule has 1 aromatic heterocycles. The van der Waals surface area contributed by atoms with Crippen molar-refractivity contribution in [1.29, 1.82) is 0 Å². The number of nitrogens with one attached hydrogen (secondary N) is 1. The monoisotopic (exact) mass is 487 g/mol. The van der Waals surface area contributed by atoms with E-state index in [9.17, 15) is 37.1 Å². The van der Waals surface area contributed by atoms with Crippen LogP contribution in [0.3, 0.4) is 0 Å². The molecule has 0 saturated carbocycles. The van der Waals surface area contributed by atoms with Crippen LogP contribution in [0.2, 0.25) is 0 Å². The van der Waals surface area contributed by atoms with Gasteiger partial charge in [-0.25, -0.2) is 17.6 Å². The van der Waals surface area contributed by atoms with E-state index in [0.717, 1.165) is 30.5 Å². The Morgan fingerprint density at radius 1 is 1.06 bits per heavy atom. The molecule has 0 unspecified atom stereocenters. The molecule has 2 aliphatic heterocycles. The number of carbonyl (C=O) groups excluding carboxylic acids is 2. The molecule has 3 heterocycles. The van der Waals surface area contributed by atoms with Gasteiger partial charge in [-0.05, 0) is 35.7 Å². The van der Waals surface area contributed by atoms with Crippen molar-refractivity contribution in [2.75, 3.05) is 13.1 Å². The number of aromatic nitrogens is 1. The number of rotatable bonds is 3. The highest BCUT2D eigenvalue weighted by molar-refractivity contribution is 5.99. The summed E-state index contributed by atoms with van der Waals surface area (Å²) >= 11 is 0. The van der Waals surface area contributed by atoms with Crippen LogP contribution in [0, 0.1) is 23.3 Å². The molecule has 5 rings (SSSR count). The summed E-state index contributed by atoms with van der Waals surface area (Å²) in [6, 6.07) is 4.03. The molecular weight excluding hydrogens is 470 g/mol. The fourth-order valence-electron chi connectivity index (χ4n) is 4.53. The minimum absolute atomic E-state index is 0.0388. The van der Waals surface area contributed by atoms with Gasteiger partial charge in [-0.15, -0.1) is 0 Å². The number of halogens is 4. The Kier molecular flexibility index (Phi) is 5.34. The van der Waals surface area contributed by atoms with Crippen LogP contribution in [0.4, 0.5) is 17.6 Å². The third-order valence-corrected chi connectivity index (χ3v) is 6.32. The molecule has 1 atom stereocenters. The SMILES string of the molecule is O=C(NCc1ccc(F)cc1F)c1cn2c(c(O)c1=O)C(=O)N1CCc3cc(F)c(F)cc3[C@@H]2C1. The first-order chi connectivity index (χ1) is 16.7. The number of nitrogens with zero attached hydrogens (tertiary/aromatic N) is 2. The van der Waals surface area contributed by atoms with E-state index >= 15 is 0 Å². The van der Waals surface area contributed by atoms with Crippen LogP contribution in [-0.2, 0) is 13.0 Å². The van der Waals surface area contributed by atoms with Crippen molar-refractivity contribution in [3.8, 4) is 5.75 Å². The molecule has 11 heteroatoms. The van der Waals surface area contributed by atoms with Gasteiger partial charge in [-0.1, -0.05) is 6.07 Å². The number of benzene rings is 2. The Morgan fingerprint density at radius 2 is 1.80 bits per heavy atom. The van der Waals surface area contributed by atoms with Crippen LogP contribution >= 0.6 is 0 Å². The van der Waals surface area contributed by atoms with Crippen molar-refractivity contribution < 1.29 is 32.3 Å². The van der Waals surface area contributed by atoms with Crippen LogP contribution in [0.15, 0.2) is 41.3 Å². The largest absolute Gasteiger partial charge is 0.503 e. The van der Waals surface area contributed by atoms with Crippen LogP contribution in [-0.4, -0.2) is 39.5 Å². The van der Waals surface area contributed by atoms with Gasteiger partial charge in [0.05, 0.1) is 6.04 Å². The minimum Gasteiger partial charge on any atom is -0.503 e. The summed E-state index contributed by atoms with van der Waals surface area (Å²) in [7, 11) is 0. The van der Waals surface area contributed by atoms with Gasteiger partial charge in [0.25, 0.3) is 11.8 Å². The summed E-state index contributed by atoms with van der Waals surface area (Å²) in [5.41, 5.74) is -1.26. The average Bonchev–Trinajstić information content (AvgIpc) is 2.97. The van der Waals surface area contributed by atoms with E-state index < -0.39 is 57.9 Å². The maximum Gasteiger partial charge on any atom is 0.274 e. The Hall–Kier alpha value is -4.15. The molecule has 2 aromatic carbocycles. The first kappa shape index (κ1) is 22.6. The predicted octanol–water partition coefficient (Wildman–Crippen LogP) is 2.64. The maximum absolute atomic E-state index is 14.1. The first-order valence-electron chi connectivity index (χ1n) is 10.6. The van der Waals surface area contributed by atoms with Gasteiger partial charge in [0, 0.05) is 37.5 Å². The topological polar surface area (TPSA) is 91.6 Å². The summed E-state index contributed by atoms with van der Waals surface area (Å²) in [6.07, 6.45) is 1.30. The van der Waals surface area contributed by atoms with Crippen LogP contribution in [0.1, 0.15) is 43.6 Å². The van der Waals surface area contributed by atoms with Crippen LogP contribution in [0.5, 0.6) is 5.75 Å². The molecule has 3 aromatic rings. The van der Waals surface area contributed by atoms with Crippen molar-refractivity contribution in [1.82, 2.24) is 14.8 Å². The van der Waals surface area contributed by atoms with Crippen molar-refractivity contribution in [2.45, 2.75) is 19.0 Å². The molecule has 2 aliphatic rings. The second-order valence-electron chi connectivity index (χ2n) is 8.38. The van der Waals surface area contributed by atoms with Gasteiger partial charge in [0.15, 0.2) is 23.1 Å². The second-order valence-corrected chi connectivity index (χ2v) is 8.38. The molecular formula is C24H17F4N3O4. The van der Waals surface area contributed by atoms with Gasteiger partial charge in [0.2, 0.25) is 5.43 Å². The maximum atomic E-state index is 14.1. The number of fused-ring (bicyclic) bond motifs is 6. The highest BCUT2D eigenvalue weighted by atomic mass is 19.2. The van der Waals surface area contributed by atoms with Crippen molar-refractivity contribution in [3.63, 3.8) is 0 Å². The van der Waals surface area contributed by atoms with Gasteiger partial charge >= 0.3 is 0 Å². The van der Waals surface area contributed by atoms with E-state index in [4.69, 9.17) is 0 Å². The molecule has 0 spiro atoms.